The molecule has 7 nitrogen and oxygen atoms in total. The lowest BCUT2D eigenvalue weighted by molar-refractivity contribution is -0.137. The Morgan fingerprint density at radius 2 is 2.38 bits per heavy atom. The van der Waals surface area contributed by atoms with Crippen molar-refractivity contribution in [1.82, 2.24) is 14.7 Å². The van der Waals surface area contributed by atoms with Crippen LogP contribution in [0.2, 0.25) is 0 Å². The standard InChI is InChI=1S/C8H13N3O4S/c1-6(2-3-8(12)13)11-16(14,15)7-4-9-5-10-7/h4-6,11H,2-3H2,1H3,(H,9,10)(H,12,13). The van der Waals surface area contributed by atoms with Gasteiger partial charge in [0.15, 0.2) is 5.03 Å². The van der Waals surface area contributed by atoms with Crippen molar-refractivity contribution in [2.45, 2.75) is 30.8 Å². The number of aromatic nitrogens is 2. The zero-order valence-electron chi connectivity index (χ0n) is 8.67. The maximum absolute atomic E-state index is 11.6. The van der Waals surface area contributed by atoms with Gasteiger partial charge in [-0.1, -0.05) is 0 Å². The summed E-state index contributed by atoms with van der Waals surface area (Å²) < 4.78 is 25.6. The van der Waals surface area contributed by atoms with Gasteiger partial charge >= 0.3 is 5.97 Å². The Bertz CT molecular complexity index is 440. The lowest BCUT2D eigenvalue weighted by atomic mass is 10.2. The van der Waals surface area contributed by atoms with Crippen LogP contribution in [-0.4, -0.2) is 35.5 Å². The molecule has 3 N–H and O–H groups in total. The number of sulfonamides is 1. The molecule has 0 fully saturated rings. The fourth-order valence-corrected chi connectivity index (χ4v) is 2.30. The first kappa shape index (κ1) is 12.7. The molecule has 8 heteroatoms. The molecule has 0 radical (unpaired) electrons. The number of H-pyrrole nitrogens is 1. The highest BCUT2D eigenvalue weighted by Crippen LogP contribution is 2.05. The van der Waals surface area contributed by atoms with Gasteiger partial charge in [0.2, 0.25) is 0 Å². The first-order chi connectivity index (χ1) is 7.42. The normalized spacial score (nSPS) is 13.6. The van der Waals surface area contributed by atoms with Crippen molar-refractivity contribution in [2.24, 2.45) is 0 Å². The van der Waals surface area contributed by atoms with Gasteiger partial charge in [-0.2, -0.15) is 0 Å². The summed E-state index contributed by atoms with van der Waals surface area (Å²) in [6.45, 7) is 1.61. The molecule has 0 saturated carbocycles. The Balaban J connectivity index is 2.57. The van der Waals surface area contributed by atoms with Crippen LogP contribution in [0.3, 0.4) is 0 Å². The van der Waals surface area contributed by atoms with Crippen LogP contribution in [0, 0.1) is 0 Å². The van der Waals surface area contributed by atoms with E-state index in [-0.39, 0.29) is 17.9 Å². The summed E-state index contributed by atoms with van der Waals surface area (Å²) in [7, 11) is -3.63. The highest BCUT2D eigenvalue weighted by atomic mass is 32.2. The first-order valence-electron chi connectivity index (χ1n) is 4.64. The topological polar surface area (TPSA) is 112 Å². The molecule has 1 aromatic heterocycles. The number of rotatable bonds is 6. The van der Waals surface area contributed by atoms with E-state index in [9.17, 15) is 13.2 Å². The van der Waals surface area contributed by atoms with E-state index in [0.717, 1.165) is 0 Å². The monoisotopic (exact) mass is 247 g/mol. The van der Waals surface area contributed by atoms with Gasteiger partial charge in [-0.15, -0.1) is 0 Å². The molecule has 0 saturated heterocycles. The molecule has 1 aromatic rings. The van der Waals surface area contributed by atoms with E-state index in [0.29, 0.717) is 0 Å². The molecule has 0 amide bonds. The van der Waals surface area contributed by atoms with Crippen LogP contribution >= 0.6 is 0 Å². The summed E-state index contributed by atoms with van der Waals surface area (Å²) in [6.07, 6.45) is 2.61. The van der Waals surface area contributed by atoms with Crippen molar-refractivity contribution >= 4 is 16.0 Å². The number of hydrogen-bond donors (Lipinski definition) is 3. The van der Waals surface area contributed by atoms with Crippen LogP contribution in [0.15, 0.2) is 17.6 Å². The van der Waals surface area contributed by atoms with Crippen molar-refractivity contribution in [3.8, 4) is 0 Å². The van der Waals surface area contributed by atoms with Crippen molar-refractivity contribution in [1.29, 1.82) is 0 Å². The number of imidazole rings is 1. The summed E-state index contributed by atoms with van der Waals surface area (Å²) in [4.78, 5) is 16.4. The van der Waals surface area contributed by atoms with E-state index in [1.165, 1.54) is 12.5 Å². The number of aromatic amines is 1. The number of carboxylic acids is 1. The van der Waals surface area contributed by atoms with Crippen LogP contribution in [-0.2, 0) is 14.8 Å². The molecule has 1 unspecified atom stereocenters. The molecular weight excluding hydrogens is 234 g/mol. The van der Waals surface area contributed by atoms with Gasteiger partial charge in [-0.05, 0) is 13.3 Å². The van der Waals surface area contributed by atoms with E-state index in [1.807, 2.05) is 0 Å². The maximum Gasteiger partial charge on any atom is 0.303 e. The second kappa shape index (κ2) is 5.08. The molecule has 0 aromatic carbocycles. The first-order valence-corrected chi connectivity index (χ1v) is 6.12. The van der Waals surface area contributed by atoms with Crippen LogP contribution in [0.5, 0.6) is 0 Å². The predicted molar refractivity (Wildman–Crippen MR) is 55.2 cm³/mol. The van der Waals surface area contributed by atoms with E-state index in [2.05, 4.69) is 14.7 Å². The molecule has 0 bridgehead atoms. The molecular formula is C8H13N3O4S. The smallest absolute Gasteiger partial charge is 0.303 e. The van der Waals surface area contributed by atoms with Crippen LogP contribution in [0.4, 0.5) is 0 Å². The van der Waals surface area contributed by atoms with Crippen LogP contribution in [0.25, 0.3) is 0 Å². The lowest BCUT2D eigenvalue weighted by Gasteiger charge is -2.11. The second-order valence-corrected chi connectivity index (χ2v) is 5.05. The average Bonchev–Trinajstić information content (AvgIpc) is 2.67. The number of hydrogen-bond acceptors (Lipinski definition) is 4. The molecule has 1 heterocycles. The van der Waals surface area contributed by atoms with Gasteiger partial charge in [0.1, 0.15) is 0 Å². The molecule has 90 valence electrons. The third-order valence-electron chi connectivity index (χ3n) is 1.91. The average molecular weight is 247 g/mol. The SMILES string of the molecule is CC(CCC(=O)O)NS(=O)(=O)c1cnc[nH]1. The summed E-state index contributed by atoms with van der Waals surface area (Å²) in [6, 6.07) is -0.440. The van der Waals surface area contributed by atoms with Crippen molar-refractivity contribution in [3.05, 3.63) is 12.5 Å². The molecule has 0 aliphatic rings. The number of carbonyl (C=O) groups is 1. The summed E-state index contributed by atoms with van der Waals surface area (Å²) in [5.41, 5.74) is 0. The van der Waals surface area contributed by atoms with Gasteiger partial charge in [0, 0.05) is 12.5 Å². The fourth-order valence-electron chi connectivity index (χ4n) is 1.12. The Kier molecular flexibility index (Phi) is 4.02. The Morgan fingerprint density at radius 3 is 2.88 bits per heavy atom. The third kappa shape index (κ3) is 3.63. The zero-order valence-corrected chi connectivity index (χ0v) is 9.49. The van der Waals surface area contributed by atoms with Gasteiger partial charge in [-0.3, -0.25) is 4.79 Å². The largest absolute Gasteiger partial charge is 0.481 e. The van der Waals surface area contributed by atoms with Gasteiger partial charge in [0.05, 0.1) is 12.5 Å². The fraction of sp³-hybridized carbons (Fsp3) is 0.500. The molecule has 0 aliphatic carbocycles. The predicted octanol–water partition coefficient (Wildman–Crippen LogP) is -0.0587. The maximum atomic E-state index is 11.6. The molecule has 0 aliphatic heterocycles. The van der Waals surface area contributed by atoms with Gasteiger partial charge < -0.3 is 10.1 Å². The number of carboxylic acid groups (broad SMARTS) is 1. The van der Waals surface area contributed by atoms with E-state index < -0.39 is 22.0 Å². The highest BCUT2D eigenvalue weighted by molar-refractivity contribution is 7.89. The Morgan fingerprint density at radius 1 is 1.69 bits per heavy atom. The molecule has 1 rings (SSSR count). The zero-order chi connectivity index (χ0) is 12.2. The molecule has 16 heavy (non-hydrogen) atoms. The summed E-state index contributed by atoms with van der Waals surface area (Å²) in [5.74, 6) is -0.951. The van der Waals surface area contributed by atoms with Crippen LogP contribution in [0.1, 0.15) is 19.8 Å². The summed E-state index contributed by atoms with van der Waals surface area (Å²) in [5, 5.41) is 8.42. The summed E-state index contributed by atoms with van der Waals surface area (Å²) >= 11 is 0. The number of nitrogens with one attached hydrogen (secondary N) is 2. The van der Waals surface area contributed by atoms with E-state index in [4.69, 9.17) is 5.11 Å². The van der Waals surface area contributed by atoms with Crippen LogP contribution < -0.4 is 4.72 Å². The van der Waals surface area contributed by atoms with Crippen molar-refractivity contribution < 1.29 is 18.3 Å². The van der Waals surface area contributed by atoms with Gasteiger partial charge in [-0.25, -0.2) is 18.1 Å². The second-order valence-electron chi connectivity index (χ2n) is 3.37. The van der Waals surface area contributed by atoms with Crippen molar-refractivity contribution in [3.63, 3.8) is 0 Å². The lowest BCUT2D eigenvalue weighted by Crippen LogP contribution is -2.33. The minimum absolute atomic E-state index is 0.0327. The highest BCUT2D eigenvalue weighted by Gasteiger charge is 2.18. The van der Waals surface area contributed by atoms with E-state index in [1.54, 1.807) is 6.92 Å². The number of aliphatic carboxylic acids is 1. The Labute approximate surface area is 93.0 Å². The quantitative estimate of drug-likeness (QED) is 0.652. The van der Waals surface area contributed by atoms with Crippen molar-refractivity contribution in [2.75, 3.05) is 0 Å². The minimum atomic E-state index is -3.63. The third-order valence-corrected chi connectivity index (χ3v) is 3.43. The molecule has 0 spiro atoms. The Hall–Kier alpha value is -1.41. The molecule has 1 atom stereocenters. The number of nitrogens with zero attached hydrogens (tertiary/aromatic N) is 1. The minimum Gasteiger partial charge on any atom is -0.481 e. The van der Waals surface area contributed by atoms with Gasteiger partial charge in [0.25, 0.3) is 10.0 Å². The van der Waals surface area contributed by atoms with E-state index >= 15 is 0 Å².